The van der Waals surface area contributed by atoms with Gasteiger partial charge >= 0.3 is 6.03 Å². The number of hydrogen-bond acceptors (Lipinski definition) is 4. The van der Waals surface area contributed by atoms with Gasteiger partial charge in [0.15, 0.2) is 0 Å². The number of thiazole rings is 1. The number of aromatic nitrogens is 3. The van der Waals surface area contributed by atoms with Crippen LogP contribution in [0, 0.1) is 6.92 Å². The van der Waals surface area contributed by atoms with Gasteiger partial charge in [0.25, 0.3) is 0 Å². The first kappa shape index (κ1) is 20.4. The van der Waals surface area contributed by atoms with E-state index in [1.165, 1.54) is 0 Å². The van der Waals surface area contributed by atoms with Crippen LogP contribution in [-0.2, 0) is 17.4 Å². The van der Waals surface area contributed by atoms with Crippen LogP contribution in [0.4, 0.5) is 10.6 Å². The Balaban J connectivity index is 1.94. The minimum atomic E-state index is -0.213. The van der Waals surface area contributed by atoms with Crippen LogP contribution in [0.25, 0.3) is 0 Å². The van der Waals surface area contributed by atoms with Crippen molar-refractivity contribution in [3.8, 4) is 0 Å². The summed E-state index contributed by atoms with van der Waals surface area (Å²) in [6.07, 6.45) is 1.75. The number of urea groups is 1. The molecule has 2 rings (SSSR count). The summed E-state index contributed by atoms with van der Waals surface area (Å²) in [5.41, 5.74) is 1.73. The summed E-state index contributed by atoms with van der Waals surface area (Å²) in [4.78, 5) is 16.7. The highest BCUT2D eigenvalue weighted by Crippen LogP contribution is 2.28. The molecule has 0 aliphatic heterocycles. The van der Waals surface area contributed by atoms with Crippen molar-refractivity contribution in [2.24, 2.45) is 0 Å². The van der Waals surface area contributed by atoms with Crippen molar-refractivity contribution in [1.82, 2.24) is 20.1 Å². The summed E-state index contributed by atoms with van der Waals surface area (Å²) < 4.78 is 1.88. The summed E-state index contributed by atoms with van der Waals surface area (Å²) in [7, 11) is 0. The van der Waals surface area contributed by atoms with Crippen molar-refractivity contribution in [1.29, 1.82) is 0 Å². The Bertz CT molecular complexity index is 749. The second-order valence-corrected chi connectivity index (χ2v) is 9.56. The quantitative estimate of drug-likeness (QED) is 0.756. The number of nitrogens with one attached hydrogen (secondary N) is 2. The molecule has 0 spiro atoms. The molecule has 0 saturated carbocycles. The van der Waals surface area contributed by atoms with Crippen molar-refractivity contribution >= 4 is 23.2 Å². The fraction of sp³-hybridized carbons (Fsp3) is 0.632. The largest absolute Gasteiger partial charge is 0.338 e. The third-order valence-corrected chi connectivity index (χ3v) is 4.90. The van der Waals surface area contributed by atoms with Gasteiger partial charge in [-0.05, 0) is 34.1 Å². The number of nitrogens with zero attached hydrogens (tertiary/aromatic N) is 3. The molecule has 0 radical (unpaired) electrons. The van der Waals surface area contributed by atoms with E-state index in [1.807, 2.05) is 17.7 Å². The number of carbonyl (C=O) groups excluding carboxylic acids is 1. The SMILES string of the molecule is Cc1csc(CCCNC(=O)Nc2cc(C(C)(C)C)nn2C(C)(C)C)n1. The molecule has 0 aromatic carbocycles. The number of rotatable bonds is 5. The molecule has 0 aliphatic carbocycles. The third kappa shape index (κ3) is 5.56. The van der Waals surface area contributed by atoms with E-state index in [-0.39, 0.29) is 17.0 Å². The van der Waals surface area contributed by atoms with Crippen molar-refractivity contribution in [2.45, 2.75) is 72.3 Å². The standard InChI is InChI=1S/C19H31N5OS/c1-13-12-26-16(21-13)9-8-10-20-17(25)22-15-11-14(18(2,3)4)23-24(15)19(5,6)7/h11-12H,8-10H2,1-7H3,(H2,20,22,25). The number of anilines is 1. The predicted molar refractivity (Wildman–Crippen MR) is 108 cm³/mol. The Morgan fingerprint density at radius 1 is 1.23 bits per heavy atom. The molecular formula is C19H31N5OS. The lowest BCUT2D eigenvalue weighted by molar-refractivity contribution is 0.251. The molecule has 0 bridgehead atoms. The Kier molecular flexibility index (Phi) is 6.11. The molecule has 2 N–H and O–H groups in total. The molecule has 6 nitrogen and oxygen atoms in total. The van der Waals surface area contributed by atoms with Crippen molar-refractivity contribution in [2.75, 3.05) is 11.9 Å². The monoisotopic (exact) mass is 377 g/mol. The van der Waals surface area contributed by atoms with E-state index in [1.54, 1.807) is 11.3 Å². The van der Waals surface area contributed by atoms with Crippen LogP contribution in [0.15, 0.2) is 11.4 Å². The topological polar surface area (TPSA) is 71.8 Å². The summed E-state index contributed by atoms with van der Waals surface area (Å²) in [6.45, 7) is 15.2. The zero-order valence-corrected chi connectivity index (χ0v) is 17.8. The second kappa shape index (κ2) is 7.78. The number of aryl methyl sites for hydroxylation is 2. The number of carbonyl (C=O) groups is 1. The van der Waals surface area contributed by atoms with Gasteiger partial charge in [-0.2, -0.15) is 5.10 Å². The number of amides is 2. The zero-order valence-electron chi connectivity index (χ0n) is 16.9. The fourth-order valence-corrected chi connectivity index (χ4v) is 3.29. The van der Waals surface area contributed by atoms with Crippen LogP contribution in [0.5, 0.6) is 0 Å². The maximum absolute atomic E-state index is 12.3. The van der Waals surface area contributed by atoms with Gasteiger partial charge in [-0.3, -0.25) is 5.32 Å². The zero-order chi connectivity index (χ0) is 19.5. The van der Waals surface area contributed by atoms with Crippen LogP contribution in [-0.4, -0.2) is 27.3 Å². The lowest BCUT2D eigenvalue weighted by Crippen LogP contribution is -2.33. The van der Waals surface area contributed by atoms with Crippen molar-refractivity contribution in [3.63, 3.8) is 0 Å². The molecule has 26 heavy (non-hydrogen) atoms. The summed E-state index contributed by atoms with van der Waals surface area (Å²) in [6, 6.07) is 1.76. The lowest BCUT2D eigenvalue weighted by atomic mass is 9.92. The van der Waals surface area contributed by atoms with Crippen LogP contribution >= 0.6 is 11.3 Å². The molecular weight excluding hydrogens is 346 g/mol. The first-order chi connectivity index (χ1) is 12.0. The highest BCUT2D eigenvalue weighted by atomic mass is 32.1. The van der Waals surface area contributed by atoms with Crippen molar-refractivity contribution < 1.29 is 4.79 Å². The maximum Gasteiger partial charge on any atom is 0.320 e. The maximum atomic E-state index is 12.3. The third-order valence-electron chi connectivity index (χ3n) is 3.87. The molecule has 2 aromatic heterocycles. The first-order valence-electron chi connectivity index (χ1n) is 9.04. The van der Waals surface area contributed by atoms with Crippen LogP contribution in [0.2, 0.25) is 0 Å². The normalized spacial score (nSPS) is 12.3. The van der Waals surface area contributed by atoms with Gasteiger partial charge in [-0.25, -0.2) is 14.5 Å². The Morgan fingerprint density at radius 3 is 2.46 bits per heavy atom. The Hall–Kier alpha value is -1.89. The van der Waals surface area contributed by atoms with Gasteiger partial charge < -0.3 is 5.32 Å². The van der Waals surface area contributed by atoms with E-state index in [0.717, 1.165) is 35.1 Å². The van der Waals surface area contributed by atoms with Crippen LogP contribution < -0.4 is 10.6 Å². The van der Waals surface area contributed by atoms with E-state index in [2.05, 4.69) is 62.5 Å². The van der Waals surface area contributed by atoms with E-state index in [0.29, 0.717) is 6.54 Å². The molecule has 144 valence electrons. The molecule has 7 heteroatoms. The molecule has 2 amide bonds. The number of hydrogen-bond donors (Lipinski definition) is 2. The summed E-state index contributed by atoms with van der Waals surface area (Å²) >= 11 is 1.67. The van der Waals surface area contributed by atoms with Gasteiger partial charge in [0.1, 0.15) is 5.82 Å². The average Bonchev–Trinajstić information content (AvgIpc) is 3.09. The molecule has 0 saturated heterocycles. The van der Waals surface area contributed by atoms with E-state index >= 15 is 0 Å². The van der Waals surface area contributed by atoms with Gasteiger partial charge in [0.2, 0.25) is 0 Å². The molecule has 0 fully saturated rings. The molecule has 2 heterocycles. The van der Waals surface area contributed by atoms with Gasteiger partial charge in [-0.15, -0.1) is 11.3 Å². The Morgan fingerprint density at radius 2 is 1.92 bits per heavy atom. The fourth-order valence-electron chi connectivity index (χ4n) is 2.47. The second-order valence-electron chi connectivity index (χ2n) is 8.61. The smallest absolute Gasteiger partial charge is 0.320 e. The summed E-state index contributed by atoms with van der Waals surface area (Å²) in [5, 5.41) is 13.7. The minimum absolute atomic E-state index is 0.0742. The molecule has 0 aliphatic rings. The Labute approximate surface area is 160 Å². The van der Waals surface area contributed by atoms with Gasteiger partial charge in [0.05, 0.1) is 16.2 Å². The lowest BCUT2D eigenvalue weighted by Gasteiger charge is -2.23. The summed E-state index contributed by atoms with van der Waals surface area (Å²) in [5.74, 6) is 0.718. The van der Waals surface area contributed by atoms with Crippen molar-refractivity contribution in [3.05, 3.63) is 27.8 Å². The molecule has 2 aromatic rings. The molecule has 0 unspecified atom stereocenters. The minimum Gasteiger partial charge on any atom is -0.338 e. The first-order valence-corrected chi connectivity index (χ1v) is 9.91. The van der Waals surface area contributed by atoms with E-state index in [9.17, 15) is 4.79 Å². The van der Waals surface area contributed by atoms with Crippen LogP contribution in [0.1, 0.15) is 64.4 Å². The van der Waals surface area contributed by atoms with E-state index < -0.39 is 0 Å². The average molecular weight is 378 g/mol. The molecule has 0 atom stereocenters. The highest BCUT2D eigenvalue weighted by Gasteiger charge is 2.25. The van der Waals surface area contributed by atoms with Gasteiger partial charge in [0, 0.05) is 35.5 Å². The van der Waals surface area contributed by atoms with Gasteiger partial charge in [-0.1, -0.05) is 20.8 Å². The van der Waals surface area contributed by atoms with E-state index in [4.69, 9.17) is 5.10 Å². The predicted octanol–water partition coefficient (Wildman–Crippen LogP) is 4.45. The van der Waals surface area contributed by atoms with Crippen LogP contribution in [0.3, 0.4) is 0 Å². The highest BCUT2D eigenvalue weighted by molar-refractivity contribution is 7.09.